The molecule has 0 fully saturated rings. The SMILES string of the molecule is CCCCc1cc(=O)[nH]c(Nc2ccc(N(C)C)cc2)n1. The van der Waals surface area contributed by atoms with Gasteiger partial charge in [-0.15, -0.1) is 0 Å². The van der Waals surface area contributed by atoms with E-state index in [0.29, 0.717) is 5.95 Å². The van der Waals surface area contributed by atoms with Crippen LogP contribution in [0.25, 0.3) is 0 Å². The minimum atomic E-state index is -0.122. The van der Waals surface area contributed by atoms with Crippen molar-refractivity contribution >= 4 is 17.3 Å². The summed E-state index contributed by atoms with van der Waals surface area (Å²) in [5.41, 5.74) is 2.73. The van der Waals surface area contributed by atoms with Crippen molar-refractivity contribution in [3.05, 3.63) is 46.4 Å². The summed E-state index contributed by atoms with van der Waals surface area (Å²) in [6.07, 6.45) is 2.95. The number of H-pyrrole nitrogens is 1. The molecule has 5 nitrogen and oxygen atoms in total. The molecular weight excluding hydrogens is 264 g/mol. The first-order valence-corrected chi connectivity index (χ1v) is 7.23. The number of unbranched alkanes of at least 4 members (excludes halogenated alkanes) is 1. The van der Waals surface area contributed by atoms with Gasteiger partial charge in [0.2, 0.25) is 5.95 Å². The Morgan fingerprint density at radius 1 is 1.24 bits per heavy atom. The summed E-state index contributed by atoms with van der Waals surface area (Å²) in [6.45, 7) is 2.12. The summed E-state index contributed by atoms with van der Waals surface area (Å²) in [5.74, 6) is 0.492. The van der Waals surface area contributed by atoms with Crippen LogP contribution in [0.15, 0.2) is 35.1 Å². The van der Waals surface area contributed by atoms with Gasteiger partial charge in [-0.05, 0) is 37.1 Å². The van der Waals surface area contributed by atoms with Gasteiger partial charge in [-0.1, -0.05) is 13.3 Å². The summed E-state index contributed by atoms with van der Waals surface area (Å²) >= 11 is 0. The molecule has 1 heterocycles. The van der Waals surface area contributed by atoms with Crippen molar-refractivity contribution < 1.29 is 0 Å². The molecule has 2 N–H and O–H groups in total. The Hall–Kier alpha value is -2.30. The minimum Gasteiger partial charge on any atom is -0.378 e. The van der Waals surface area contributed by atoms with E-state index in [0.717, 1.165) is 36.3 Å². The van der Waals surface area contributed by atoms with Gasteiger partial charge in [0, 0.05) is 37.2 Å². The summed E-state index contributed by atoms with van der Waals surface area (Å²) in [4.78, 5) is 20.9. The molecule has 0 spiro atoms. The third-order valence-corrected chi connectivity index (χ3v) is 3.23. The van der Waals surface area contributed by atoms with Gasteiger partial charge in [0.1, 0.15) is 0 Å². The van der Waals surface area contributed by atoms with Crippen LogP contribution in [0, 0.1) is 0 Å². The van der Waals surface area contributed by atoms with Gasteiger partial charge in [-0.3, -0.25) is 9.78 Å². The third kappa shape index (κ3) is 4.34. The third-order valence-electron chi connectivity index (χ3n) is 3.23. The highest BCUT2D eigenvalue weighted by Crippen LogP contribution is 2.17. The van der Waals surface area contributed by atoms with E-state index in [9.17, 15) is 4.79 Å². The minimum absolute atomic E-state index is 0.122. The Morgan fingerprint density at radius 3 is 2.57 bits per heavy atom. The average Bonchev–Trinajstić information content (AvgIpc) is 2.45. The second-order valence-electron chi connectivity index (χ2n) is 5.26. The van der Waals surface area contributed by atoms with Crippen LogP contribution in [0.3, 0.4) is 0 Å². The standard InChI is InChI=1S/C16H22N4O/c1-4-5-6-13-11-15(21)19-16(18-13)17-12-7-9-14(10-8-12)20(2)3/h7-11H,4-6H2,1-3H3,(H2,17,18,19,21). The lowest BCUT2D eigenvalue weighted by Gasteiger charge is -2.13. The monoisotopic (exact) mass is 286 g/mol. The molecule has 2 aromatic rings. The number of benzene rings is 1. The lowest BCUT2D eigenvalue weighted by atomic mass is 10.2. The highest BCUT2D eigenvalue weighted by molar-refractivity contribution is 5.58. The molecule has 5 heteroatoms. The summed E-state index contributed by atoms with van der Waals surface area (Å²) in [6, 6.07) is 9.53. The van der Waals surface area contributed by atoms with Gasteiger partial charge >= 0.3 is 0 Å². The number of aromatic amines is 1. The highest BCUT2D eigenvalue weighted by atomic mass is 16.1. The molecule has 0 saturated carbocycles. The summed E-state index contributed by atoms with van der Waals surface area (Å²) < 4.78 is 0. The summed E-state index contributed by atoms with van der Waals surface area (Å²) in [7, 11) is 4.00. The number of anilines is 3. The molecule has 2 rings (SSSR count). The van der Waals surface area contributed by atoms with Gasteiger partial charge in [0.05, 0.1) is 0 Å². The number of nitrogens with zero attached hydrogens (tertiary/aromatic N) is 2. The molecule has 0 bridgehead atoms. The normalized spacial score (nSPS) is 10.4. The lowest BCUT2D eigenvalue weighted by Crippen LogP contribution is -2.12. The predicted molar refractivity (Wildman–Crippen MR) is 87.5 cm³/mol. The number of hydrogen-bond donors (Lipinski definition) is 2. The molecule has 1 aromatic heterocycles. The molecule has 0 saturated heterocycles. The van der Waals surface area contributed by atoms with Crippen molar-refractivity contribution in [2.24, 2.45) is 0 Å². The summed E-state index contributed by atoms with van der Waals surface area (Å²) in [5, 5.41) is 3.14. The quantitative estimate of drug-likeness (QED) is 0.857. The van der Waals surface area contributed by atoms with Gasteiger partial charge in [0.25, 0.3) is 5.56 Å². The van der Waals surface area contributed by atoms with Crippen molar-refractivity contribution in [2.75, 3.05) is 24.3 Å². The average molecular weight is 286 g/mol. The second-order valence-corrected chi connectivity index (χ2v) is 5.26. The zero-order valence-corrected chi connectivity index (χ0v) is 12.8. The Labute approximate surface area is 125 Å². The Kier molecular flexibility index (Phi) is 4.98. The Morgan fingerprint density at radius 2 is 1.95 bits per heavy atom. The van der Waals surface area contributed by atoms with Gasteiger partial charge in [-0.25, -0.2) is 4.98 Å². The zero-order chi connectivity index (χ0) is 15.2. The number of nitrogens with one attached hydrogen (secondary N) is 2. The van der Waals surface area contributed by atoms with E-state index in [4.69, 9.17) is 0 Å². The number of hydrogen-bond acceptors (Lipinski definition) is 4. The van der Waals surface area contributed by atoms with Crippen LogP contribution in [0.1, 0.15) is 25.5 Å². The van der Waals surface area contributed by atoms with Crippen LogP contribution < -0.4 is 15.8 Å². The van der Waals surface area contributed by atoms with Crippen LogP contribution in [0.5, 0.6) is 0 Å². The fourth-order valence-corrected chi connectivity index (χ4v) is 2.03. The molecule has 0 unspecified atom stereocenters. The van der Waals surface area contributed by atoms with Crippen LogP contribution in [0.4, 0.5) is 17.3 Å². The van der Waals surface area contributed by atoms with E-state index >= 15 is 0 Å². The molecule has 0 aliphatic carbocycles. The fourth-order valence-electron chi connectivity index (χ4n) is 2.03. The maximum atomic E-state index is 11.7. The molecule has 1 aromatic carbocycles. The highest BCUT2D eigenvalue weighted by Gasteiger charge is 2.02. The first kappa shape index (κ1) is 15.1. The van der Waals surface area contributed by atoms with Gasteiger partial charge in [0.15, 0.2) is 0 Å². The molecule has 0 amide bonds. The second kappa shape index (κ2) is 6.92. The van der Waals surface area contributed by atoms with Crippen LogP contribution >= 0.6 is 0 Å². The molecule has 0 aliphatic rings. The van der Waals surface area contributed by atoms with E-state index in [1.807, 2.05) is 43.3 Å². The molecule has 0 aliphatic heterocycles. The van der Waals surface area contributed by atoms with E-state index in [1.165, 1.54) is 0 Å². The van der Waals surface area contributed by atoms with Gasteiger partial charge < -0.3 is 10.2 Å². The maximum Gasteiger partial charge on any atom is 0.252 e. The van der Waals surface area contributed by atoms with Gasteiger partial charge in [-0.2, -0.15) is 0 Å². The van der Waals surface area contributed by atoms with Crippen molar-refractivity contribution in [3.63, 3.8) is 0 Å². The smallest absolute Gasteiger partial charge is 0.252 e. The number of rotatable bonds is 6. The predicted octanol–water partition coefficient (Wildman–Crippen LogP) is 2.92. The molecular formula is C16H22N4O. The number of aryl methyl sites for hydroxylation is 1. The van der Waals surface area contributed by atoms with Crippen LogP contribution in [-0.2, 0) is 6.42 Å². The van der Waals surface area contributed by atoms with E-state index < -0.39 is 0 Å². The molecule has 0 atom stereocenters. The maximum absolute atomic E-state index is 11.7. The fraction of sp³-hybridized carbons (Fsp3) is 0.375. The van der Waals surface area contributed by atoms with E-state index in [2.05, 4.69) is 22.2 Å². The van der Waals surface area contributed by atoms with Crippen molar-refractivity contribution in [3.8, 4) is 0 Å². The lowest BCUT2D eigenvalue weighted by molar-refractivity contribution is 0.772. The van der Waals surface area contributed by atoms with E-state index in [1.54, 1.807) is 6.07 Å². The van der Waals surface area contributed by atoms with Crippen LogP contribution in [0.2, 0.25) is 0 Å². The zero-order valence-electron chi connectivity index (χ0n) is 12.8. The van der Waals surface area contributed by atoms with Crippen molar-refractivity contribution in [1.29, 1.82) is 0 Å². The largest absolute Gasteiger partial charge is 0.378 e. The molecule has 112 valence electrons. The van der Waals surface area contributed by atoms with E-state index in [-0.39, 0.29) is 5.56 Å². The first-order chi connectivity index (χ1) is 10.1. The van der Waals surface area contributed by atoms with Crippen molar-refractivity contribution in [1.82, 2.24) is 9.97 Å². The first-order valence-electron chi connectivity index (χ1n) is 7.23. The Bertz CT molecular complexity index is 631. The van der Waals surface area contributed by atoms with Crippen molar-refractivity contribution in [2.45, 2.75) is 26.2 Å². The number of aromatic nitrogens is 2. The topological polar surface area (TPSA) is 61.0 Å². The molecule has 21 heavy (non-hydrogen) atoms. The van der Waals surface area contributed by atoms with Crippen LogP contribution in [-0.4, -0.2) is 24.1 Å². The Balaban J connectivity index is 2.14. The molecule has 0 radical (unpaired) electrons.